The fourth-order valence-corrected chi connectivity index (χ4v) is 3.60. The highest BCUT2D eigenvalue weighted by molar-refractivity contribution is 8.00. The molecule has 3 aromatic rings. The zero-order valence-corrected chi connectivity index (χ0v) is 17.7. The Labute approximate surface area is 179 Å². The largest absolute Gasteiger partial charge is 0.493 e. The molecule has 1 N–H and O–H groups in total. The van der Waals surface area contributed by atoms with Crippen LogP contribution in [0.5, 0.6) is 11.5 Å². The van der Waals surface area contributed by atoms with Gasteiger partial charge >= 0.3 is 0 Å². The van der Waals surface area contributed by atoms with E-state index in [1.54, 1.807) is 32.4 Å². The van der Waals surface area contributed by atoms with E-state index in [1.807, 2.05) is 43.3 Å². The molecule has 7 heteroatoms. The summed E-state index contributed by atoms with van der Waals surface area (Å²) in [6.45, 7) is 1.94. The third-order valence-corrected chi connectivity index (χ3v) is 5.41. The summed E-state index contributed by atoms with van der Waals surface area (Å²) in [5, 5.41) is 12.8. The highest BCUT2D eigenvalue weighted by atomic mass is 32.2. The summed E-state index contributed by atoms with van der Waals surface area (Å²) in [5.41, 5.74) is 3.69. The second kappa shape index (κ2) is 9.81. The monoisotopic (exact) mass is 419 g/mol. The number of ether oxygens (including phenoxy) is 2. The van der Waals surface area contributed by atoms with Crippen LogP contribution in [0, 0.1) is 18.3 Å². The van der Waals surface area contributed by atoms with Crippen LogP contribution in [-0.4, -0.2) is 30.9 Å². The van der Waals surface area contributed by atoms with Gasteiger partial charge in [-0.1, -0.05) is 30.0 Å². The number of carbonyl (C=O) groups excluding carboxylic acids is 1. The van der Waals surface area contributed by atoms with Crippen LogP contribution in [0.15, 0.2) is 59.6 Å². The third-order valence-electron chi connectivity index (χ3n) is 4.42. The maximum Gasteiger partial charge on any atom is 0.234 e. The molecule has 0 atom stereocenters. The molecule has 0 aliphatic heterocycles. The summed E-state index contributed by atoms with van der Waals surface area (Å²) in [6.07, 6.45) is 0. The number of carbonyl (C=O) groups is 1. The average molecular weight is 420 g/mol. The predicted molar refractivity (Wildman–Crippen MR) is 118 cm³/mol. The van der Waals surface area contributed by atoms with Crippen molar-refractivity contribution < 1.29 is 14.3 Å². The molecule has 30 heavy (non-hydrogen) atoms. The number of anilines is 1. The number of aromatic nitrogens is 1. The van der Waals surface area contributed by atoms with Crippen molar-refractivity contribution in [2.45, 2.75) is 11.9 Å². The number of nitriles is 1. The first-order valence-electron chi connectivity index (χ1n) is 9.17. The summed E-state index contributed by atoms with van der Waals surface area (Å²) in [5.74, 6) is 1.20. The zero-order chi connectivity index (χ0) is 21.5. The molecule has 0 unspecified atom stereocenters. The molecule has 0 saturated heterocycles. The molecule has 1 heterocycles. The van der Waals surface area contributed by atoms with Crippen LogP contribution in [0.25, 0.3) is 11.3 Å². The molecule has 0 spiro atoms. The van der Waals surface area contributed by atoms with E-state index in [-0.39, 0.29) is 11.7 Å². The fourth-order valence-electron chi connectivity index (χ4n) is 2.83. The van der Waals surface area contributed by atoms with Gasteiger partial charge in [0.25, 0.3) is 0 Å². The Morgan fingerprint density at radius 3 is 2.57 bits per heavy atom. The van der Waals surface area contributed by atoms with Gasteiger partial charge in [0.05, 0.1) is 31.2 Å². The van der Waals surface area contributed by atoms with E-state index < -0.39 is 0 Å². The summed E-state index contributed by atoms with van der Waals surface area (Å²) >= 11 is 1.23. The minimum Gasteiger partial charge on any atom is -0.493 e. The molecular weight excluding hydrogens is 398 g/mol. The highest BCUT2D eigenvalue weighted by Gasteiger charge is 2.13. The second-order valence-corrected chi connectivity index (χ2v) is 7.35. The van der Waals surface area contributed by atoms with Crippen molar-refractivity contribution in [3.05, 3.63) is 65.7 Å². The van der Waals surface area contributed by atoms with E-state index in [0.717, 1.165) is 16.8 Å². The van der Waals surface area contributed by atoms with Crippen molar-refractivity contribution in [3.63, 3.8) is 0 Å². The number of rotatable bonds is 7. The number of thioether (sulfide) groups is 1. The standard InChI is InChI=1S/C23H21N3O3S/c1-15-6-4-5-7-18(15)25-22(27)14-30-23-17(13-24)8-10-19(26-23)16-9-11-20(28-2)21(12-16)29-3/h4-12H,14H2,1-3H3,(H,25,27). The van der Waals surface area contributed by atoms with Crippen molar-refractivity contribution in [1.82, 2.24) is 4.98 Å². The molecule has 0 saturated carbocycles. The maximum atomic E-state index is 12.4. The minimum absolute atomic E-state index is 0.144. The Kier molecular flexibility index (Phi) is 6.94. The van der Waals surface area contributed by atoms with Gasteiger partial charge in [0.15, 0.2) is 11.5 Å². The van der Waals surface area contributed by atoms with Gasteiger partial charge < -0.3 is 14.8 Å². The lowest BCUT2D eigenvalue weighted by atomic mass is 10.1. The molecule has 0 fully saturated rings. The molecule has 3 rings (SSSR count). The Morgan fingerprint density at radius 2 is 1.87 bits per heavy atom. The van der Waals surface area contributed by atoms with Crippen LogP contribution in [0.2, 0.25) is 0 Å². The average Bonchev–Trinajstić information content (AvgIpc) is 2.78. The first-order valence-corrected chi connectivity index (χ1v) is 10.2. The topological polar surface area (TPSA) is 84.2 Å². The molecular formula is C23H21N3O3S. The van der Waals surface area contributed by atoms with Crippen molar-refractivity contribution in [2.24, 2.45) is 0 Å². The van der Waals surface area contributed by atoms with E-state index in [9.17, 15) is 10.1 Å². The molecule has 1 amide bonds. The summed E-state index contributed by atoms with van der Waals surface area (Å²) in [7, 11) is 3.15. The van der Waals surface area contributed by atoms with E-state index in [0.29, 0.717) is 27.8 Å². The van der Waals surface area contributed by atoms with Crippen molar-refractivity contribution in [2.75, 3.05) is 25.3 Å². The zero-order valence-electron chi connectivity index (χ0n) is 16.9. The molecule has 2 aromatic carbocycles. The van der Waals surface area contributed by atoms with Gasteiger partial charge in [0.1, 0.15) is 11.1 Å². The number of para-hydroxylation sites is 1. The number of hydrogen-bond donors (Lipinski definition) is 1. The number of amides is 1. The quantitative estimate of drug-likeness (QED) is 0.560. The summed E-state index contributed by atoms with van der Waals surface area (Å²) in [6, 6.07) is 18.7. The number of nitrogens with one attached hydrogen (secondary N) is 1. The van der Waals surface area contributed by atoms with Crippen molar-refractivity contribution in [1.29, 1.82) is 5.26 Å². The number of hydrogen-bond acceptors (Lipinski definition) is 6. The van der Waals surface area contributed by atoms with E-state index in [2.05, 4.69) is 16.4 Å². The molecule has 0 radical (unpaired) electrons. The molecule has 0 aliphatic carbocycles. The lowest BCUT2D eigenvalue weighted by molar-refractivity contribution is -0.113. The number of nitrogens with zero attached hydrogens (tertiary/aromatic N) is 2. The molecule has 6 nitrogen and oxygen atoms in total. The maximum absolute atomic E-state index is 12.4. The van der Waals surface area contributed by atoms with Crippen molar-refractivity contribution >= 4 is 23.4 Å². The Morgan fingerprint density at radius 1 is 1.10 bits per heavy atom. The number of aryl methyl sites for hydroxylation is 1. The van der Waals surface area contributed by atoms with Crippen LogP contribution < -0.4 is 14.8 Å². The first kappa shape index (κ1) is 21.2. The van der Waals surface area contributed by atoms with Gasteiger partial charge in [0.2, 0.25) is 5.91 Å². The van der Waals surface area contributed by atoms with Gasteiger partial charge in [-0.2, -0.15) is 5.26 Å². The Hall–Kier alpha value is -3.50. The molecule has 0 aliphatic rings. The lowest BCUT2D eigenvalue weighted by Gasteiger charge is -2.11. The SMILES string of the molecule is COc1ccc(-c2ccc(C#N)c(SCC(=O)Nc3ccccc3C)n2)cc1OC. The first-order chi connectivity index (χ1) is 14.5. The van der Waals surface area contributed by atoms with Gasteiger partial charge in [0, 0.05) is 11.3 Å². The molecule has 152 valence electrons. The Balaban J connectivity index is 1.79. The van der Waals surface area contributed by atoms with Crippen LogP contribution >= 0.6 is 11.8 Å². The minimum atomic E-state index is -0.156. The van der Waals surface area contributed by atoms with E-state index >= 15 is 0 Å². The van der Waals surface area contributed by atoms with Crippen LogP contribution in [0.3, 0.4) is 0 Å². The smallest absolute Gasteiger partial charge is 0.234 e. The third kappa shape index (κ3) is 4.91. The van der Waals surface area contributed by atoms with Gasteiger partial charge in [-0.3, -0.25) is 4.79 Å². The van der Waals surface area contributed by atoms with Gasteiger partial charge in [-0.05, 0) is 48.9 Å². The molecule has 1 aromatic heterocycles. The highest BCUT2D eigenvalue weighted by Crippen LogP contribution is 2.33. The van der Waals surface area contributed by atoms with Crippen LogP contribution in [0.1, 0.15) is 11.1 Å². The van der Waals surface area contributed by atoms with Gasteiger partial charge in [-0.15, -0.1) is 0 Å². The summed E-state index contributed by atoms with van der Waals surface area (Å²) in [4.78, 5) is 17.0. The summed E-state index contributed by atoms with van der Waals surface area (Å²) < 4.78 is 10.6. The normalized spacial score (nSPS) is 10.2. The van der Waals surface area contributed by atoms with Crippen LogP contribution in [0.4, 0.5) is 5.69 Å². The lowest BCUT2D eigenvalue weighted by Crippen LogP contribution is -2.15. The van der Waals surface area contributed by atoms with Crippen LogP contribution in [-0.2, 0) is 4.79 Å². The second-order valence-electron chi connectivity index (χ2n) is 6.38. The van der Waals surface area contributed by atoms with Gasteiger partial charge in [-0.25, -0.2) is 4.98 Å². The number of pyridine rings is 1. The number of methoxy groups -OCH3 is 2. The van der Waals surface area contributed by atoms with Crippen molar-refractivity contribution in [3.8, 4) is 28.8 Å². The Bertz CT molecular complexity index is 1110. The van der Waals surface area contributed by atoms with E-state index in [4.69, 9.17) is 9.47 Å². The predicted octanol–water partition coefficient (Wildman–Crippen LogP) is 4.68. The van der Waals surface area contributed by atoms with E-state index in [1.165, 1.54) is 11.8 Å². The number of benzene rings is 2. The molecule has 0 bridgehead atoms. The fraction of sp³-hybridized carbons (Fsp3) is 0.174.